The lowest BCUT2D eigenvalue weighted by atomic mass is 9.93. The first kappa shape index (κ1) is 15.4. The summed E-state index contributed by atoms with van der Waals surface area (Å²) >= 11 is 3.68. The lowest BCUT2D eigenvalue weighted by molar-refractivity contribution is -0.132. The van der Waals surface area contributed by atoms with Gasteiger partial charge in [-0.1, -0.05) is 25.8 Å². The molecular formula is C16H24N2OS2. The van der Waals surface area contributed by atoms with Crippen molar-refractivity contribution in [1.29, 1.82) is 0 Å². The summed E-state index contributed by atoms with van der Waals surface area (Å²) in [7, 11) is 0. The number of thiophene rings is 1. The second kappa shape index (κ2) is 6.71. The van der Waals surface area contributed by atoms with Crippen molar-refractivity contribution in [3.05, 3.63) is 22.4 Å². The van der Waals surface area contributed by atoms with E-state index in [0.29, 0.717) is 17.2 Å². The monoisotopic (exact) mass is 324 g/mol. The molecule has 116 valence electrons. The van der Waals surface area contributed by atoms with Crippen LogP contribution in [0, 0.1) is 0 Å². The van der Waals surface area contributed by atoms with Crippen molar-refractivity contribution >= 4 is 29.0 Å². The molecule has 2 fully saturated rings. The molecule has 1 aromatic rings. The highest BCUT2D eigenvalue weighted by Gasteiger charge is 2.45. The molecule has 0 aromatic carbocycles. The Balaban J connectivity index is 1.89. The van der Waals surface area contributed by atoms with E-state index in [1.165, 1.54) is 24.1 Å². The van der Waals surface area contributed by atoms with Crippen LogP contribution in [0.5, 0.6) is 0 Å². The van der Waals surface area contributed by atoms with Gasteiger partial charge in [0.25, 0.3) is 0 Å². The van der Waals surface area contributed by atoms with Crippen molar-refractivity contribution in [3.8, 4) is 0 Å². The highest BCUT2D eigenvalue weighted by Crippen LogP contribution is 2.38. The van der Waals surface area contributed by atoms with Gasteiger partial charge in [-0.05, 0) is 37.0 Å². The maximum atomic E-state index is 12.9. The molecule has 1 aliphatic heterocycles. The van der Waals surface area contributed by atoms with Gasteiger partial charge in [-0.3, -0.25) is 10.1 Å². The number of nitrogens with one attached hydrogen (secondary N) is 1. The number of carbonyl (C=O) groups is 1. The van der Waals surface area contributed by atoms with Crippen LogP contribution in [-0.4, -0.2) is 34.4 Å². The van der Waals surface area contributed by atoms with Crippen LogP contribution in [0.15, 0.2) is 17.5 Å². The van der Waals surface area contributed by atoms with E-state index in [1.54, 1.807) is 11.3 Å². The van der Waals surface area contributed by atoms with Crippen LogP contribution in [0.25, 0.3) is 0 Å². The predicted octanol–water partition coefficient (Wildman–Crippen LogP) is 3.63. The average Bonchev–Trinajstić information content (AvgIpc) is 3.14. The lowest BCUT2D eigenvalue weighted by Crippen LogP contribution is -2.47. The first-order chi connectivity index (χ1) is 10.3. The van der Waals surface area contributed by atoms with Gasteiger partial charge in [0.1, 0.15) is 6.17 Å². The van der Waals surface area contributed by atoms with Gasteiger partial charge in [0.2, 0.25) is 5.91 Å². The molecule has 1 N–H and O–H groups in total. The second-order valence-corrected chi connectivity index (χ2v) is 7.97. The predicted molar refractivity (Wildman–Crippen MR) is 90.7 cm³/mol. The maximum Gasteiger partial charge on any atom is 0.241 e. The fourth-order valence-electron chi connectivity index (χ4n) is 3.63. The molecule has 0 bridgehead atoms. The Morgan fingerprint density at radius 2 is 2.24 bits per heavy atom. The second-order valence-electron chi connectivity index (χ2n) is 5.92. The van der Waals surface area contributed by atoms with Gasteiger partial charge >= 0.3 is 0 Å². The summed E-state index contributed by atoms with van der Waals surface area (Å²) in [5.74, 6) is 0.307. The Bertz CT molecular complexity index is 477. The molecule has 1 saturated heterocycles. The van der Waals surface area contributed by atoms with E-state index in [4.69, 9.17) is 0 Å². The van der Waals surface area contributed by atoms with Crippen molar-refractivity contribution in [1.82, 2.24) is 10.2 Å². The number of hydrogen-bond donors (Lipinski definition) is 1. The average molecular weight is 325 g/mol. The zero-order chi connectivity index (χ0) is 14.8. The number of amides is 1. The third kappa shape index (κ3) is 2.88. The summed E-state index contributed by atoms with van der Waals surface area (Å²) in [6, 6.07) is 4.60. The van der Waals surface area contributed by atoms with E-state index in [1.807, 2.05) is 11.8 Å². The molecule has 0 radical (unpaired) electrons. The van der Waals surface area contributed by atoms with E-state index in [0.717, 1.165) is 12.8 Å². The summed E-state index contributed by atoms with van der Waals surface area (Å²) < 4.78 is 0. The first-order valence-electron chi connectivity index (χ1n) is 7.90. The molecule has 2 heterocycles. The summed E-state index contributed by atoms with van der Waals surface area (Å²) in [6.45, 7) is 2.09. The van der Waals surface area contributed by atoms with Gasteiger partial charge < -0.3 is 4.90 Å². The van der Waals surface area contributed by atoms with Gasteiger partial charge in [-0.2, -0.15) is 11.8 Å². The van der Waals surface area contributed by atoms with Gasteiger partial charge in [-0.25, -0.2) is 0 Å². The Kier molecular flexibility index (Phi) is 4.92. The van der Waals surface area contributed by atoms with E-state index >= 15 is 0 Å². The van der Waals surface area contributed by atoms with Crippen molar-refractivity contribution < 1.29 is 4.79 Å². The molecule has 3 nitrogen and oxygen atoms in total. The topological polar surface area (TPSA) is 32.3 Å². The van der Waals surface area contributed by atoms with Gasteiger partial charge in [0.15, 0.2) is 0 Å². The van der Waals surface area contributed by atoms with Gasteiger partial charge in [0, 0.05) is 16.2 Å². The molecule has 2 aliphatic rings. The zero-order valence-corrected chi connectivity index (χ0v) is 14.4. The van der Waals surface area contributed by atoms with Crippen LogP contribution in [0.2, 0.25) is 0 Å². The van der Waals surface area contributed by atoms with E-state index in [9.17, 15) is 4.79 Å². The number of carbonyl (C=O) groups excluding carboxylic acids is 1. The van der Waals surface area contributed by atoms with E-state index in [-0.39, 0.29) is 12.2 Å². The zero-order valence-electron chi connectivity index (χ0n) is 12.7. The summed E-state index contributed by atoms with van der Waals surface area (Å²) in [5, 5.41) is 6.25. The maximum absolute atomic E-state index is 12.9. The quantitative estimate of drug-likeness (QED) is 0.918. The molecule has 21 heavy (non-hydrogen) atoms. The third-order valence-electron chi connectivity index (χ3n) is 4.74. The minimum Gasteiger partial charge on any atom is -0.317 e. The first-order valence-corrected chi connectivity index (χ1v) is 10.1. The molecule has 0 spiro atoms. The summed E-state index contributed by atoms with van der Waals surface area (Å²) in [6.07, 6.45) is 8.08. The lowest BCUT2D eigenvalue weighted by Gasteiger charge is -2.39. The molecular weight excluding hydrogens is 300 g/mol. The minimum absolute atomic E-state index is 0.0125. The van der Waals surface area contributed by atoms with Crippen LogP contribution in [0.4, 0.5) is 0 Å². The Labute approximate surface area is 135 Å². The molecule has 4 atom stereocenters. The Morgan fingerprint density at radius 1 is 1.43 bits per heavy atom. The standard InChI is InChI=1S/C16H24N2OS2/c1-3-11-16(19)18(12-7-4-5-8-13(12)20-2)15(17-11)14-9-6-10-21-14/h6,9-13,15,17H,3-5,7-8H2,1-2H3. The minimum atomic E-state index is -0.0125. The smallest absolute Gasteiger partial charge is 0.241 e. The van der Waals surface area contributed by atoms with Crippen molar-refractivity contribution in [3.63, 3.8) is 0 Å². The summed E-state index contributed by atoms with van der Waals surface area (Å²) in [4.78, 5) is 16.3. The van der Waals surface area contributed by atoms with E-state index < -0.39 is 0 Å². The molecule has 1 saturated carbocycles. The molecule has 1 amide bonds. The van der Waals surface area contributed by atoms with E-state index in [2.05, 4.69) is 40.9 Å². The highest BCUT2D eigenvalue weighted by atomic mass is 32.2. The SMILES string of the molecule is CCC1NC(c2cccs2)N(C2CCCCC2SC)C1=O. The largest absolute Gasteiger partial charge is 0.317 e. The van der Waals surface area contributed by atoms with Crippen LogP contribution < -0.4 is 5.32 Å². The van der Waals surface area contributed by atoms with Crippen molar-refractivity contribution in [2.75, 3.05) is 6.26 Å². The Hall–Kier alpha value is -0.520. The van der Waals surface area contributed by atoms with Crippen LogP contribution in [0.3, 0.4) is 0 Å². The third-order valence-corrected chi connectivity index (χ3v) is 6.82. The molecule has 5 heteroatoms. The Morgan fingerprint density at radius 3 is 2.90 bits per heavy atom. The number of nitrogens with zero attached hydrogens (tertiary/aromatic N) is 1. The van der Waals surface area contributed by atoms with Crippen LogP contribution in [0.1, 0.15) is 50.1 Å². The van der Waals surface area contributed by atoms with Crippen molar-refractivity contribution in [2.24, 2.45) is 0 Å². The normalized spacial score (nSPS) is 33.6. The van der Waals surface area contributed by atoms with Crippen LogP contribution in [-0.2, 0) is 4.79 Å². The molecule has 4 unspecified atom stereocenters. The highest BCUT2D eigenvalue weighted by molar-refractivity contribution is 7.99. The number of hydrogen-bond acceptors (Lipinski definition) is 4. The fourth-order valence-corrected chi connectivity index (χ4v) is 5.40. The number of thioether (sulfide) groups is 1. The molecule has 3 rings (SSSR count). The fraction of sp³-hybridized carbons (Fsp3) is 0.688. The molecule has 1 aliphatic carbocycles. The summed E-state index contributed by atoms with van der Waals surface area (Å²) in [5.41, 5.74) is 0. The number of rotatable bonds is 4. The van der Waals surface area contributed by atoms with Crippen molar-refractivity contribution in [2.45, 2.75) is 62.5 Å². The van der Waals surface area contributed by atoms with Gasteiger partial charge in [-0.15, -0.1) is 11.3 Å². The molecule has 1 aromatic heterocycles. The van der Waals surface area contributed by atoms with Crippen LogP contribution >= 0.6 is 23.1 Å². The van der Waals surface area contributed by atoms with Gasteiger partial charge in [0.05, 0.1) is 6.04 Å².